The van der Waals surface area contributed by atoms with Crippen molar-refractivity contribution in [1.82, 2.24) is 24.9 Å². The summed E-state index contributed by atoms with van der Waals surface area (Å²) in [6.45, 7) is 22.5. The zero-order chi connectivity index (χ0) is 68.4. The number of carbonyl (C=O) groups excluding carboxylic acids is 8. The van der Waals surface area contributed by atoms with E-state index >= 15 is 0 Å². The van der Waals surface area contributed by atoms with E-state index in [1.165, 1.54) is 47.7 Å². The van der Waals surface area contributed by atoms with Crippen LogP contribution in [0.4, 0.5) is 16.2 Å². The first-order valence-corrected chi connectivity index (χ1v) is 33.5. The van der Waals surface area contributed by atoms with E-state index in [0.717, 1.165) is 16.8 Å². The third-order valence-electron chi connectivity index (χ3n) is 19.5. The van der Waals surface area contributed by atoms with E-state index in [1.54, 1.807) is 55.1 Å². The number of aliphatic hydroxyl groups is 1. The van der Waals surface area contributed by atoms with Gasteiger partial charge in [-0.15, -0.1) is 11.8 Å². The molecule has 8 rings (SSSR count). The van der Waals surface area contributed by atoms with Crippen LogP contribution in [0.15, 0.2) is 54.1 Å². The van der Waals surface area contributed by atoms with E-state index in [4.69, 9.17) is 46.1 Å². The molecule has 4 bridgehead atoms. The fraction of sp³-hybridized carbons (Fsp3) is 0.609. The first kappa shape index (κ1) is 72.0. The fourth-order valence-electron chi connectivity index (χ4n) is 13.4. The molecule has 1 unspecified atom stereocenters. The van der Waals surface area contributed by atoms with E-state index in [0.29, 0.717) is 97.7 Å². The van der Waals surface area contributed by atoms with Crippen molar-refractivity contribution in [2.75, 3.05) is 64.0 Å². The number of hydrogen-bond acceptors (Lipinski definition) is 17. The first-order valence-electron chi connectivity index (χ1n) is 32.1. The SMILES string of the molecule is COc1cc2cc(c1Cl)N(C)C(=O)C[C@H](OC(=O)[C@H](C)N(C)C(=O)CCSC1CC(=O)N(CCCC(C)(C)OCCC(C)(C)CNc3cc(-n4nc(C)c5c4CC(C)(C)CC5=O)ccc3C(N)=O)C1=O)[C@@]1(C)C[C@H]1[C@H](C)[C@@H]1C[C@@](O)(NC(=O)O1)[C@H](OC)/C=C/C=C(\C)C2. The number of esters is 1. The lowest BCUT2D eigenvalue weighted by molar-refractivity contribution is -0.163. The van der Waals surface area contributed by atoms with Gasteiger partial charge in [0.2, 0.25) is 23.6 Å². The number of Topliss-reactive ketones (excluding diaryl/α,β-unsaturated/α-hetero) is 1. The van der Waals surface area contributed by atoms with E-state index < -0.39 is 76.1 Å². The summed E-state index contributed by atoms with van der Waals surface area (Å²) in [6.07, 6.45) is 5.10. The number of anilines is 2. The Morgan fingerprint density at radius 3 is 2.42 bits per heavy atom. The molecule has 3 aliphatic heterocycles. The number of imide groups is 1. The fourth-order valence-corrected chi connectivity index (χ4v) is 14.8. The Morgan fingerprint density at radius 1 is 1.01 bits per heavy atom. The van der Waals surface area contributed by atoms with E-state index in [1.807, 2.05) is 53.7 Å². The number of nitrogens with one attached hydrogen (secondary N) is 2. The molecule has 5 N–H and O–H groups in total. The maximum Gasteiger partial charge on any atom is 0.409 e. The van der Waals surface area contributed by atoms with Crippen LogP contribution in [0.2, 0.25) is 5.02 Å². The van der Waals surface area contributed by atoms with Crippen molar-refractivity contribution in [2.45, 2.75) is 188 Å². The second-order valence-corrected chi connectivity index (χ2v) is 30.2. The highest BCUT2D eigenvalue weighted by Gasteiger charge is 2.62. The number of ketones is 1. The van der Waals surface area contributed by atoms with Gasteiger partial charge in [-0.1, -0.05) is 76.9 Å². The van der Waals surface area contributed by atoms with Crippen LogP contribution >= 0.6 is 23.4 Å². The molecule has 93 heavy (non-hydrogen) atoms. The Bertz CT molecular complexity index is 3450. The normalized spacial score (nSPS) is 26.2. The Kier molecular flexibility index (Phi) is 22.2. The number of thioether (sulfide) groups is 1. The summed E-state index contributed by atoms with van der Waals surface area (Å²) in [5.41, 5.74) is 7.96. The summed E-state index contributed by atoms with van der Waals surface area (Å²) in [5, 5.41) is 22.3. The lowest BCUT2D eigenvalue weighted by Crippen LogP contribution is -2.63. The second-order valence-electron chi connectivity index (χ2n) is 28.5. The number of hydrogen-bond donors (Lipinski definition) is 4. The van der Waals surface area contributed by atoms with Gasteiger partial charge in [0.05, 0.1) is 58.3 Å². The van der Waals surface area contributed by atoms with Gasteiger partial charge in [0.15, 0.2) is 11.5 Å². The number of rotatable bonds is 22. The minimum Gasteiger partial charge on any atom is -0.495 e. The number of benzene rings is 2. The average Bonchev–Trinajstić information content (AvgIpc) is 1.59. The highest BCUT2D eigenvalue weighted by molar-refractivity contribution is 8.00. The summed E-state index contributed by atoms with van der Waals surface area (Å²) in [7, 11) is 6.00. The zero-order valence-corrected chi connectivity index (χ0v) is 58.2. The predicted molar refractivity (Wildman–Crippen MR) is 355 cm³/mol. The molecule has 0 radical (unpaired) electrons. The lowest BCUT2D eigenvalue weighted by Gasteiger charge is -2.42. The minimum atomic E-state index is -1.84. The molecule has 22 nitrogen and oxygen atoms in total. The van der Waals surface area contributed by atoms with E-state index in [9.17, 15) is 43.5 Å². The molecule has 0 spiro atoms. The van der Waals surface area contributed by atoms with Crippen LogP contribution in [-0.4, -0.2) is 167 Å². The molecule has 1 saturated carbocycles. The molecule has 3 fully saturated rings. The van der Waals surface area contributed by atoms with Gasteiger partial charge in [-0.2, -0.15) is 5.10 Å². The number of nitrogens with two attached hydrogens (primary N) is 1. The van der Waals surface area contributed by atoms with Crippen LogP contribution < -0.4 is 26.0 Å². The molecule has 4 heterocycles. The Morgan fingerprint density at radius 2 is 1.73 bits per heavy atom. The number of ether oxygens (including phenoxy) is 5. The monoisotopic (exact) mass is 1330 g/mol. The Hall–Kier alpha value is -6.79. The highest BCUT2D eigenvalue weighted by Crippen LogP contribution is 2.62. The second kappa shape index (κ2) is 28.7. The number of likely N-dealkylation sites (N-methyl/N-ethyl adjacent to an activating group) is 1. The standard InChI is InChI=1S/C69H95ClN8O14S/c1-39-18-16-19-54(89-15)69(87)37-52(91-64(86)73-69)40(2)46-34-68(46,11)55(33-57(81)76(13)48-29-43(28-39)30-51(88-14)60(48)70)92-63(85)42(4)75(12)56(80)22-27-93-53-32-58(82)77(62(53)84)25-17-23-67(9,10)90-26-24-65(5,6)38-72-47-31-44(20-21-45(47)61(71)83)78-49-35-66(7,8)36-50(79)59(49)41(3)74-78/h16,18-21,29-31,40,42,46,52-55,72,87H,17,22-28,32-38H2,1-15H3,(H2,71,83)(H,73,86)/b19-16+,39-18+/t40-,42-,46-,52-,53?,54+,55-,68-,69-/m0/s1. The molecule has 6 amide bonds. The smallest absolute Gasteiger partial charge is 0.409 e. The number of allylic oxidation sites excluding steroid dienone is 3. The molecule has 3 aromatic rings. The molecule has 9 atom stereocenters. The maximum absolute atomic E-state index is 14.5. The summed E-state index contributed by atoms with van der Waals surface area (Å²) in [5.74, 6) is -2.75. The molecular formula is C69H95ClN8O14S. The zero-order valence-electron chi connectivity index (χ0n) is 56.6. The quantitative estimate of drug-likeness (QED) is 0.0538. The van der Waals surface area contributed by atoms with Crippen LogP contribution in [0.5, 0.6) is 5.75 Å². The van der Waals surface area contributed by atoms with Gasteiger partial charge in [-0.05, 0) is 132 Å². The van der Waals surface area contributed by atoms with Gasteiger partial charge < -0.3 is 49.6 Å². The van der Waals surface area contributed by atoms with Crippen LogP contribution in [0.25, 0.3) is 5.69 Å². The highest BCUT2D eigenvalue weighted by atomic mass is 35.5. The van der Waals surface area contributed by atoms with Crippen molar-refractivity contribution in [3.05, 3.63) is 87.2 Å². The van der Waals surface area contributed by atoms with Crippen LogP contribution in [-0.2, 0) is 55.8 Å². The van der Waals surface area contributed by atoms with Gasteiger partial charge in [0.1, 0.15) is 35.1 Å². The largest absolute Gasteiger partial charge is 0.495 e. The van der Waals surface area contributed by atoms with Crippen molar-refractivity contribution < 1.29 is 67.1 Å². The van der Waals surface area contributed by atoms with E-state index in [2.05, 4.69) is 38.3 Å². The molecule has 5 aliphatic rings. The molecule has 2 aliphatic carbocycles. The Labute approximate surface area is 555 Å². The summed E-state index contributed by atoms with van der Waals surface area (Å²) in [4.78, 5) is 112. The summed E-state index contributed by atoms with van der Waals surface area (Å²) >= 11 is 8.10. The topological polar surface area (TPSA) is 281 Å². The number of alkyl carbamates (subject to hydrolysis) is 1. The summed E-state index contributed by atoms with van der Waals surface area (Å²) in [6, 6.07) is 7.82. The predicted octanol–water partition coefficient (Wildman–Crippen LogP) is 9.49. The molecule has 1 aromatic heterocycles. The molecular weight excluding hydrogens is 1230 g/mol. The minimum absolute atomic E-state index is 0.00341. The van der Waals surface area contributed by atoms with Crippen molar-refractivity contribution in [1.29, 1.82) is 0 Å². The maximum atomic E-state index is 14.5. The molecule has 2 saturated heterocycles. The number of primary amides is 1. The van der Waals surface area contributed by atoms with Crippen LogP contribution in [0.1, 0.15) is 165 Å². The molecule has 24 heteroatoms. The van der Waals surface area contributed by atoms with Gasteiger partial charge in [-0.3, -0.25) is 39.0 Å². The number of aromatic nitrogens is 2. The number of fused-ring (bicyclic) bond motifs is 6. The average molecular weight is 1330 g/mol. The van der Waals surface area contributed by atoms with Gasteiger partial charge in [0.25, 0.3) is 5.91 Å². The van der Waals surface area contributed by atoms with E-state index in [-0.39, 0.29) is 83.3 Å². The number of nitrogens with zero attached hydrogens (tertiary/aromatic N) is 5. The van der Waals surface area contributed by atoms with Crippen molar-refractivity contribution in [3.63, 3.8) is 0 Å². The number of aryl methyl sites for hydroxylation is 1. The molecule has 2 aromatic carbocycles. The van der Waals surface area contributed by atoms with Gasteiger partial charge in [0, 0.05) is 83.4 Å². The summed E-state index contributed by atoms with van der Waals surface area (Å²) < 4.78 is 31.7. The number of methoxy groups -OCH3 is 2. The van der Waals surface area contributed by atoms with Crippen LogP contribution in [0, 0.1) is 35.0 Å². The molecule has 508 valence electrons. The third-order valence-corrected chi connectivity index (χ3v) is 21.1. The third kappa shape index (κ3) is 16.7. The number of carbonyl (C=O) groups is 8. The lowest BCUT2D eigenvalue weighted by atomic mass is 9.75. The first-order chi connectivity index (χ1) is 43.5. The number of amides is 6. The van der Waals surface area contributed by atoms with Crippen LogP contribution in [0.3, 0.4) is 0 Å². The Balaban J connectivity index is 0.827. The van der Waals surface area contributed by atoms with Crippen molar-refractivity contribution in [3.8, 4) is 11.4 Å². The van der Waals surface area contributed by atoms with Crippen molar-refractivity contribution in [2.24, 2.45) is 33.8 Å². The van der Waals surface area contributed by atoms with Crippen molar-refractivity contribution >= 4 is 82.1 Å². The number of halogens is 1. The van der Waals surface area contributed by atoms with Gasteiger partial charge >= 0.3 is 12.1 Å². The van der Waals surface area contributed by atoms with Gasteiger partial charge in [-0.25, -0.2) is 14.3 Å². The number of likely N-dealkylation sites (tertiary alicyclic amines) is 1.